The molecule has 0 unspecified atom stereocenters. The standard InChI is InChI=1S/C21H17Cl2N7O2/c1-29-7-8-32-16-6-5-11(9-15(16)29)26-20-25-10-12-18(24)30(21(31)28-19(12)27-20)17-13(22)3-2-4-14(17)23/h2-6,9-10H,7-8,24H2,1H3,(H,26,27,28,31). The van der Waals surface area contributed by atoms with Crippen molar-refractivity contribution in [1.29, 1.82) is 0 Å². The molecule has 0 saturated heterocycles. The van der Waals surface area contributed by atoms with Crippen LogP contribution in [-0.4, -0.2) is 39.7 Å². The summed E-state index contributed by atoms with van der Waals surface area (Å²) in [4.78, 5) is 27.7. The molecule has 2 aromatic heterocycles. The fraction of sp³-hybridized carbons (Fsp3) is 0.143. The number of hydrogen-bond acceptors (Lipinski definition) is 8. The normalized spacial score (nSPS) is 13.0. The van der Waals surface area contributed by atoms with E-state index in [0.717, 1.165) is 28.2 Å². The fourth-order valence-corrected chi connectivity index (χ4v) is 4.11. The van der Waals surface area contributed by atoms with Gasteiger partial charge in [-0.1, -0.05) is 29.3 Å². The van der Waals surface area contributed by atoms with Gasteiger partial charge in [0.15, 0.2) is 5.65 Å². The number of likely N-dealkylation sites (N-methyl/N-ethyl adjacent to an activating group) is 1. The number of nitrogens with zero attached hydrogens (tertiary/aromatic N) is 5. The summed E-state index contributed by atoms with van der Waals surface area (Å²) >= 11 is 12.5. The SMILES string of the molecule is CN1CCOc2ccc(Nc3ncc4c(N)n(-c5c(Cl)cccc5Cl)c(=O)nc4n3)cc21. The van der Waals surface area contributed by atoms with E-state index in [4.69, 9.17) is 33.7 Å². The number of nitrogens with two attached hydrogens (primary N) is 1. The molecule has 0 fully saturated rings. The molecule has 9 nitrogen and oxygen atoms in total. The van der Waals surface area contributed by atoms with Gasteiger partial charge in [0.05, 0.1) is 33.4 Å². The van der Waals surface area contributed by atoms with Gasteiger partial charge in [-0.05, 0) is 30.3 Å². The summed E-state index contributed by atoms with van der Waals surface area (Å²) in [5.41, 5.74) is 7.76. The molecule has 0 amide bonds. The van der Waals surface area contributed by atoms with Crippen molar-refractivity contribution < 1.29 is 4.74 Å². The van der Waals surface area contributed by atoms with Crippen molar-refractivity contribution in [2.75, 3.05) is 36.1 Å². The smallest absolute Gasteiger partial charge is 0.355 e. The van der Waals surface area contributed by atoms with Gasteiger partial charge in [0.1, 0.15) is 18.2 Å². The van der Waals surface area contributed by atoms with Crippen LogP contribution in [0.1, 0.15) is 0 Å². The number of halogens is 2. The lowest BCUT2D eigenvalue weighted by Gasteiger charge is -2.28. The van der Waals surface area contributed by atoms with Gasteiger partial charge in [-0.3, -0.25) is 0 Å². The Labute approximate surface area is 192 Å². The van der Waals surface area contributed by atoms with Crippen molar-refractivity contribution in [3.63, 3.8) is 0 Å². The highest BCUT2D eigenvalue weighted by molar-refractivity contribution is 6.37. The molecule has 0 bridgehead atoms. The highest BCUT2D eigenvalue weighted by atomic mass is 35.5. The Morgan fingerprint density at radius 1 is 1.16 bits per heavy atom. The van der Waals surface area contributed by atoms with Crippen LogP contribution in [0, 0.1) is 0 Å². The van der Waals surface area contributed by atoms with Crippen LogP contribution in [0.3, 0.4) is 0 Å². The number of aromatic nitrogens is 4. The molecule has 3 N–H and O–H groups in total. The summed E-state index contributed by atoms with van der Waals surface area (Å²) < 4.78 is 6.82. The molecule has 0 atom stereocenters. The fourth-order valence-electron chi connectivity index (χ4n) is 3.54. The Morgan fingerprint density at radius 2 is 1.94 bits per heavy atom. The van der Waals surface area contributed by atoms with Gasteiger partial charge < -0.3 is 20.7 Å². The molecular weight excluding hydrogens is 453 g/mol. The van der Waals surface area contributed by atoms with Gasteiger partial charge in [-0.2, -0.15) is 9.97 Å². The highest BCUT2D eigenvalue weighted by Gasteiger charge is 2.18. The number of hydrogen-bond donors (Lipinski definition) is 2. The van der Waals surface area contributed by atoms with Crippen molar-refractivity contribution in [1.82, 2.24) is 19.5 Å². The Kier molecular flexibility index (Phi) is 4.99. The van der Waals surface area contributed by atoms with E-state index in [9.17, 15) is 4.79 Å². The predicted molar refractivity (Wildman–Crippen MR) is 126 cm³/mol. The van der Waals surface area contributed by atoms with Crippen LogP contribution in [0.5, 0.6) is 5.75 Å². The maximum absolute atomic E-state index is 12.8. The minimum absolute atomic E-state index is 0.0918. The average Bonchev–Trinajstić information content (AvgIpc) is 2.76. The Balaban J connectivity index is 1.55. The number of ether oxygens (including phenoxy) is 1. The van der Waals surface area contributed by atoms with Crippen molar-refractivity contribution in [3.05, 3.63) is 63.1 Å². The van der Waals surface area contributed by atoms with E-state index >= 15 is 0 Å². The molecule has 3 heterocycles. The van der Waals surface area contributed by atoms with Crippen molar-refractivity contribution in [2.24, 2.45) is 0 Å². The number of nitrogen functional groups attached to an aromatic ring is 1. The summed E-state index contributed by atoms with van der Waals surface area (Å²) in [5, 5.41) is 4.07. The van der Waals surface area contributed by atoms with Gasteiger partial charge in [0, 0.05) is 18.9 Å². The maximum Gasteiger partial charge on any atom is 0.355 e. The van der Waals surface area contributed by atoms with Gasteiger partial charge >= 0.3 is 5.69 Å². The second-order valence-corrected chi connectivity index (χ2v) is 8.01. The van der Waals surface area contributed by atoms with Crippen LogP contribution in [-0.2, 0) is 0 Å². The van der Waals surface area contributed by atoms with Crippen molar-refractivity contribution in [2.45, 2.75) is 0 Å². The van der Waals surface area contributed by atoms with Crippen LogP contribution in [0.2, 0.25) is 10.0 Å². The maximum atomic E-state index is 12.8. The molecule has 0 spiro atoms. The quantitative estimate of drug-likeness (QED) is 0.467. The third-order valence-corrected chi connectivity index (χ3v) is 5.76. The molecule has 162 valence electrons. The van der Waals surface area contributed by atoms with Gasteiger partial charge in [0.2, 0.25) is 5.95 Å². The minimum Gasteiger partial charge on any atom is -0.490 e. The topological polar surface area (TPSA) is 111 Å². The molecule has 5 rings (SSSR count). The number of para-hydroxylation sites is 1. The van der Waals surface area contributed by atoms with E-state index in [0.29, 0.717) is 12.0 Å². The molecule has 1 aliphatic heterocycles. The van der Waals surface area contributed by atoms with Gasteiger partial charge in [-0.25, -0.2) is 14.3 Å². The van der Waals surface area contributed by atoms with Gasteiger partial charge in [-0.15, -0.1) is 0 Å². The van der Waals surface area contributed by atoms with E-state index in [1.165, 1.54) is 6.20 Å². The van der Waals surface area contributed by atoms with E-state index in [-0.39, 0.29) is 33.1 Å². The van der Waals surface area contributed by atoms with Crippen LogP contribution < -0.4 is 26.4 Å². The molecule has 2 aromatic carbocycles. The first-order valence-corrected chi connectivity index (χ1v) is 10.4. The molecule has 0 aliphatic carbocycles. The summed E-state index contributed by atoms with van der Waals surface area (Å²) in [7, 11) is 2.00. The number of benzene rings is 2. The number of rotatable bonds is 3. The second-order valence-electron chi connectivity index (χ2n) is 7.19. The zero-order valence-corrected chi connectivity index (χ0v) is 18.4. The molecular formula is C21H17Cl2N7O2. The van der Waals surface area contributed by atoms with Crippen LogP contribution in [0.4, 0.5) is 23.1 Å². The van der Waals surface area contributed by atoms with Crippen LogP contribution in [0.25, 0.3) is 16.7 Å². The molecule has 0 saturated carbocycles. The van der Waals surface area contributed by atoms with Crippen LogP contribution in [0.15, 0.2) is 47.4 Å². The Morgan fingerprint density at radius 3 is 2.72 bits per heavy atom. The predicted octanol–water partition coefficient (Wildman–Crippen LogP) is 3.64. The Hall–Kier alpha value is -3.56. The summed E-state index contributed by atoms with van der Waals surface area (Å²) in [5.74, 6) is 1.18. The lowest BCUT2D eigenvalue weighted by Crippen LogP contribution is -2.28. The molecule has 0 radical (unpaired) electrons. The number of nitrogens with one attached hydrogen (secondary N) is 1. The summed E-state index contributed by atoms with van der Waals surface area (Å²) in [6, 6.07) is 10.6. The first-order chi connectivity index (χ1) is 15.4. The van der Waals surface area contributed by atoms with E-state index in [1.807, 2.05) is 25.2 Å². The zero-order chi connectivity index (χ0) is 22.4. The third-order valence-electron chi connectivity index (χ3n) is 5.15. The number of fused-ring (bicyclic) bond motifs is 2. The lowest BCUT2D eigenvalue weighted by molar-refractivity contribution is 0.311. The first-order valence-electron chi connectivity index (χ1n) is 9.67. The van der Waals surface area contributed by atoms with E-state index in [2.05, 4.69) is 25.2 Å². The average molecular weight is 470 g/mol. The lowest BCUT2D eigenvalue weighted by atomic mass is 10.2. The molecule has 11 heteroatoms. The molecule has 1 aliphatic rings. The monoisotopic (exact) mass is 469 g/mol. The first kappa shape index (κ1) is 20.3. The molecule has 32 heavy (non-hydrogen) atoms. The largest absolute Gasteiger partial charge is 0.490 e. The van der Waals surface area contributed by atoms with Gasteiger partial charge in [0.25, 0.3) is 0 Å². The summed E-state index contributed by atoms with van der Waals surface area (Å²) in [6.45, 7) is 1.45. The number of anilines is 4. The van der Waals surface area contributed by atoms with Crippen LogP contribution >= 0.6 is 23.2 Å². The summed E-state index contributed by atoms with van der Waals surface area (Å²) in [6.07, 6.45) is 1.50. The van der Waals surface area contributed by atoms with E-state index < -0.39 is 5.69 Å². The van der Waals surface area contributed by atoms with Crippen molar-refractivity contribution >= 4 is 57.4 Å². The second kappa shape index (κ2) is 7.85. The highest BCUT2D eigenvalue weighted by Crippen LogP contribution is 2.34. The molecule has 4 aromatic rings. The third kappa shape index (κ3) is 3.45. The van der Waals surface area contributed by atoms with E-state index in [1.54, 1.807) is 18.2 Å². The zero-order valence-electron chi connectivity index (χ0n) is 16.8. The minimum atomic E-state index is -0.651. The van der Waals surface area contributed by atoms with Crippen molar-refractivity contribution in [3.8, 4) is 11.4 Å². The Bertz CT molecular complexity index is 1400.